The smallest absolute Gasteiger partial charge is 0.418 e. The van der Waals surface area contributed by atoms with Crippen LogP contribution in [-0.4, -0.2) is 10.8 Å². The lowest BCUT2D eigenvalue weighted by atomic mass is 9.91. The van der Waals surface area contributed by atoms with Gasteiger partial charge in [0, 0.05) is 33.8 Å². The molecule has 0 N–H and O–H groups in total. The van der Waals surface area contributed by atoms with Gasteiger partial charge in [-0.3, -0.25) is 9.78 Å². The maximum Gasteiger partial charge on any atom is 0.418 e. The van der Waals surface area contributed by atoms with Gasteiger partial charge in [0.15, 0.2) is 5.78 Å². The number of halogens is 5. The van der Waals surface area contributed by atoms with Gasteiger partial charge in [0.1, 0.15) is 18.2 Å². The maximum atomic E-state index is 14.2. The van der Waals surface area contributed by atoms with Gasteiger partial charge in [-0.25, -0.2) is 4.39 Å². The number of hydrogen-bond donors (Lipinski definition) is 0. The van der Waals surface area contributed by atoms with Crippen molar-refractivity contribution < 1.29 is 27.1 Å². The molecule has 4 aromatic carbocycles. The molecule has 0 aliphatic carbocycles. The highest BCUT2D eigenvalue weighted by Crippen LogP contribution is 2.39. The number of ketones is 1. The quantitative estimate of drug-likeness (QED) is 0.161. The predicted molar refractivity (Wildman–Crippen MR) is 138 cm³/mol. The fourth-order valence-electron chi connectivity index (χ4n) is 4.25. The van der Waals surface area contributed by atoms with E-state index in [1.807, 2.05) is 0 Å². The highest BCUT2D eigenvalue weighted by Gasteiger charge is 2.34. The molecule has 5 aromatic rings. The van der Waals surface area contributed by atoms with Gasteiger partial charge in [-0.2, -0.15) is 13.2 Å². The van der Waals surface area contributed by atoms with E-state index in [1.54, 1.807) is 60.7 Å². The molecular formula is C30H18ClF4NO2. The molecule has 0 saturated heterocycles. The number of para-hydroxylation sites is 1. The van der Waals surface area contributed by atoms with Crippen LogP contribution in [0, 0.1) is 5.82 Å². The number of nitrogens with zero attached hydrogens (tertiary/aromatic N) is 1. The first-order chi connectivity index (χ1) is 18.2. The van der Waals surface area contributed by atoms with Gasteiger partial charge in [-0.05, 0) is 35.9 Å². The molecule has 0 aliphatic heterocycles. The Morgan fingerprint density at radius 1 is 0.895 bits per heavy atom. The Kier molecular flexibility index (Phi) is 6.87. The molecule has 1 heterocycles. The van der Waals surface area contributed by atoms with Gasteiger partial charge in [0.2, 0.25) is 0 Å². The standard InChI is InChI=1S/C30H18ClF4NO2/c31-25-13-6-14-26(32)23(25)17-38-20-10-4-9-19(15-20)27-21-11-5-12-24(30(33,34)35)28(21)36-16-22(27)29(37)18-7-2-1-3-8-18/h1-16H,17H2. The SMILES string of the molecule is O=C(c1ccccc1)c1cnc2c(C(F)(F)F)cccc2c1-c1cccc(OCc2c(F)cccc2Cl)c1. The number of ether oxygens (including phenoxy) is 1. The molecule has 0 spiro atoms. The number of benzene rings is 4. The summed E-state index contributed by atoms with van der Waals surface area (Å²) in [6, 6.07) is 23.0. The van der Waals surface area contributed by atoms with Crippen LogP contribution in [0.5, 0.6) is 5.75 Å². The lowest BCUT2D eigenvalue weighted by Gasteiger charge is -2.16. The Morgan fingerprint density at radius 2 is 1.63 bits per heavy atom. The van der Waals surface area contributed by atoms with Gasteiger partial charge in [-0.1, -0.05) is 72.3 Å². The molecule has 0 atom stereocenters. The van der Waals surface area contributed by atoms with Crippen molar-refractivity contribution in [1.82, 2.24) is 4.98 Å². The van der Waals surface area contributed by atoms with Crippen LogP contribution in [0.2, 0.25) is 5.02 Å². The molecule has 0 amide bonds. The van der Waals surface area contributed by atoms with E-state index < -0.39 is 23.3 Å². The van der Waals surface area contributed by atoms with Gasteiger partial charge in [0.05, 0.1) is 16.1 Å². The fraction of sp³-hybridized carbons (Fsp3) is 0.0667. The number of carbonyl (C=O) groups excluding carboxylic acids is 1. The normalized spacial score (nSPS) is 11.5. The summed E-state index contributed by atoms with van der Waals surface area (Å²) in [5.74, 6) is -0.599. The van der Waals surface area contributed by atoms with E-state index >= 15 is 0 Å². The van der Waals surface area contributed by atoms with Crippen molar-refractivity contribution in [3.05, 3.63) is 130 Å². The van der Waals surface area contributed by atoms with Crippen LogP contribution in [0.3, 0.4) is 0 Å². The van der Waals surface area contributed by atoms with Crippen molar-refractivity contribution in [2.45, 2.75) is 12.8 Å². The van der Waals surface area contributed by atoms with Gasteiger partial charge < -0.3 is 4.74 Å². The molecule has 0 saturated carbocycles. The van der Waals surface area contributed by atoms with Gasteiger partial charge in [0.25, 0.3) is 0 Å². The zero-order valence-electron chi connectivity index (χ0n) is 19.6. The zero-order chi connectivity index (χ0) is 26.9. The number of aromatic nitrogens is 1. The minimum absolute atomic E-state index is 0.136. The summed E-state index contributed by atoms with van der Waals surface area (Å²) in [6.45, 7) is -0.167. The second kappa shape index (κ2) is 10.3. The lowest BCUT2D eigenvalue weighted by Crippen LogP contribution is -2.09. The molecule has 5 rings (SSSR count). The van der Waals surface area contributed by atoms with Crippen LogP contribution in [0.15, 0.2) is 97.2 Å². The third-order valence-corrected chi connectivity index (χ3v) is 6.41. The number of carbonyl (C=O) groups is 1. The molecule has 0 radical (unpaired) electrons. The number of hydrogen-bond acceptors (Lipinski definition) is 3. The average molecular weight is 536 g/mol. The van der Waals surface area contributed by atoms with Crippen molar-refractivity contribution in [2.24, 2.45) is 0 Å². The summed E-state index contributed by atoms with van der Waals surface area (Å²) in [4.78, 5) is 17.6. The summed E-state index contributed by atoms with van der Waals surface area (Å²) in [5.41, 5.74) is 0.211. The van der Waals surface area contributed by atoms with E-state index in [0.717, 1.165) is 6.07 Å². The number of rotatable bonds is 6. The van der Waals surface area contributed by atoms with Crippen molar-refractivity contribution in [1.29, 1.82) is 0 Å². The minimum Gasteiger partial charge on any atom is -0.489 e. The lowest BCUT2D eigenvalue weighted by molar-refractivity contribution is -0.136. The third-order valence-electron chi connectivity index (χ3n) is 6.05. The van der Waals surface area contributed by atoms with Crippen LogP contribution < -0.4 is 4.74 Å². The number of fused-ring (bicyclic) bond motifs is 1. The molecule has 0 unspecified atom stereocenters. The molecule has 8 heteroatoms. The van der Waals surface area contributed by atoms with Gasteiger partial charge in [-0.15, -0.1) is 0 Å². The van der Waals surface area contributed by atoms with E-state index in [1.165, 1.54) is 30.5 Å². The first-order valence-electron chi connectivity index (χ1n) is 11.5. The monoisotopic (exact) mass is 535 g/mol. The summed E-state index contributed by atoms with van der Waals surface area (Å²) < 4.78 is 61.4. The minimum atomic E-state index is -4.64. The van der Waals surface area contributed by atoms with Crippen LogP contribution >= 0.6 is 11.6 Å². The zero-order valence-corrected chi connectivity index (χ0v) is 20.4. The topological polar surface area (TPSA) is 39.2 Å². The van der Waals surface area contributed by atoms with Crippen molar-refractivity contribution in [3.8, 4) is 16.9 Å². The van der Waals surface area contributed by atoms with E-state index in [9.17, 15) is 22.4 Å². The van der Waals surface area contributed by atoms with E-state index in [2.05, 4.69) is 4.98 Å². The first-order valence-corrected chi connectivity index (χ1v) is 11.9. The second-order valence-electron chi connectivity index (χ2n) is 8.46. The maximum absolute atomic E-state index is 14.2. The van der Waals surface area contributed by atoms with Crippen molar-refractivity contribution in [2.75, 3.05) is 0 Å². The first kappa shape index (κ1) is 25.4. The Balaban J connectivity index is 1.65. The number of alkyl halides is 3. The second-order valence-corrected chi connectivity index (χ2v) is 8.87. The molecule has 0 aliphatic rings. The third kappa shape index (κ3) is 4.97. The highest BCUT2D eigenvalue weighted by molar-refractivity contribution is 6.31. The Morgan fingerprint density at radius 3 is 2.37 bits per heavy atom. The van der Waals surface area contributed by atoms with Crippen LogP contribution in [-0.2, 0) is 12.8 Å². The van der Waals surface area contributed by atoms with Crippen molar-refractivity contribution >= 4 is 28.3 Å². The van der Waals surface area contributed by atoms with Crippen LogP contribution in [0.25, 0.3) is 22.0 Å². The average Bonchev–Trinajstić information content (AvgIpc) is 2.91. The van der Waals surface area contributed by atoms with Crippen LogP contribution in [0.1, 0.15) is 27.0 Å². The van der Waals surface area contributed by atoms with E-state index in [-0.39, 0.29) is 39.2 Å². The Hall–Kier alpha value is -4.23. The Bertz CT molecular complexity index is 1630. The Labute approximate surface area is 220 Å². The number of pyridine rings is 1. The summed E-state index contributed by atoms with van der Waals surface area (Å²) >= 11 is 6.10. The molecule has 3 nitrogen and oxygen atoms in total. The summed E-state index contributed by atoms with van der Waals surface area (Å²) in [6.07, 6.45) is -3.46. The van der Waals surface area contributed by atoms with E-state index in [4.69, 9.17) is 16.3 Å². The highest BCUT2D eigenvalue weighted by atomic mass is 35.5. The molecule has 190 valence electrons. The molecule has 0 fully saturated rings. The summed E-state index contributed by atoms with van der Waals surface area (Å²) in [7, 11) is 0. The molecule has 1 aromatic heterocycles. The van der Waals surface area contributed by atoms with Crippen molar-refractivity contribution in [3.63, 3.8) is 0 Å². The van der Waals surface area contributed by atoms with Gasteiger partial charge >= 0.3 is 6.18 Å². The van der Waals surface area contributed by atoms with E-state index in [0.29, 0.717) is 16.9 Å². The largest absolute Gasteiger partial charge is 0.489 e. The molecule has 38 heavy (non-hydrogen) atoms. The van der Waals surface area contributed by atoms with Crippen LogP contribution in [0.4, 0.5) is 17.6 Å². The summed E-state index contributed by atoms with van der Waals surface area (Å²) in [5, 5.41) is 0.368. The molecular weight excluding hydrogens is 518 g/mol. The fourth-order valence-corrected chi connectivity index (χ4v) is 4.46. The molecule has 0 bridgehead atoms. The predicted octanol–water partition coefficient (Wildman–Crippen LogP) is 8.52.